The number of carbonyl (C=O) groups excluding carboxylic acids is 3. The van der Waals surface area contributed by atoms with Crippen molar-refractivity contribution in [2.45, 2.75) is 41.7 Å². The van der Waals surface area contributed by atoms with Gasteiger partial charge in [0.15, 0.2) is 0 Å². The van der Waals surface area contributed by atoms with E-state index in [4.69, 9.17) is 9.47 Å². The summed E-state index contributed by atoms with van der Waals surface area (Å²) in [5.41, 5.74) is 8.15. The third-order valence-corrected chi connectivity index (χ3v) is 12.4. The number of benzene rings is 6. The minimum Gasteiger partial charge on any atom is -0.461 e. The van der Waals surface area contributed by atoms with Crippen LogP contribution in [0.25, 0.3) is 11.1 Å². The van der Waals surface area contributed by atoms with Crippen LogP contribution in [-0.4, -0.2) is 60.2 Å². The summed E-state index contributed by atoms with van der Waals surface area (Å²) in [5, 5.41) is 17.4. The molecule has 2 amide bonds. The number of nitrogens with one attached hydrogen (secondary N) is 2. The fourth-order valence-electron chi connectivity index (χ4n) is 7.90. The summed E-state index contributed by atoms with van der Waals surface area (Å²) >= 11 is 1.51. The molecule has 0 unspecified atom stereocenters. The highest BCUT2D eigenvalue weighted by Crippen LogP contribution is 2.49. The SMILES string of the molecule is C=CCOC(=O)C[C@H](O)[C@@H](Cc1ccccc1)NC(=O)[C@@H](CSC(c1ccccc1)(c1ccccc1)c1ccccc1)NC(=O)OCC1c2ccccc2-c2ccccc21. The van der Waals surface area contributed by atoms with Gasteiger partial charge in [-0.15, -0.1) is 11.8 Å². The molecule has 1 aliphatic carbocycles. The van der Waals surface area contributed by atoms with Crippen LogP contribution < -0.4 is 10.6 Å². The second kappa shape index (κ2) is 20.0. The van der Waals surface area contributed by atoms with E-state index in [0.29, 0.717) is 0 Å². The first-order chi connectivity index (χ1) is 29.4. The fraction of sp³-hybridized carbons (Fsp3) is 0.196. The van der Waals surface area contributed by atoms with Crippen molar-refractivity contribution in [2.75, 3.05) is 19.0 Å². The molecular weight excluding hydrogens is 769 g/mol. The molecule has 0 aliphatic heterocycles. The molecule has 0 heterocycles. The summed E-state index contributed by atoms with van der Waals surface area (Å²) < 4.78 is 10.4. The molecule has 6 aromatic carbocycles. The van der Waals surface area contributed by atoms with Crippen molar-refractivity contribution in [1.82, 2.24) is 10.6 Å². The summed E-state index contributed by atoms with van der Waals surface area (Å²) in [5.74, 6) is -1.25. The normalized spacial score (nSPS) is 13.5. The van der Waals surface area contributed by atoms with Crippen LogP contribution in [0.4, 0.5) is 4.79 Å². The average molecular weight is 817 g/mol. The lowest BCUT2D eigenvalue weighted by molar-refractivity contribution is -0.145. The van der Waals surface area contributed by atoms with Crippen molar-refractivity contribution >= 4 is 29.7 Å². The van der Waals surface area contributed by atoms with E-state index in [-0.39, 0.29) is 37.7 Å². The molecule has 60 heavy (non-hydrogen) atoms. The zero-order valence-electron chi connectivity index (χ0n) is 33.2. The molecule has 0 bridgehead atoms. The highest BCUT2D eigenvalue weighted by Gasteiger charge is 2.39. The van der Waals surface area contributed by atoms with Crippen molar-refractivity contribution in [3.05, 3.63) is 216 Å². The van der Waals surface area contributed by atoms with Gasteiger partial charge in [0.05, 0.1) is 23.3 Å². The van der Waals surface area contributed by atoms with E-state index in [2.05, 4.69) is 77.9 Å². The van der Waals surface area contributed by atoms with Crippen molar-refractivity contribution in [3.8, 4) is 11.1 Å². The Kier molecular flexibility index (Phi) is 13.9. The van der Waals surface area contributed by atoms with Crippen molar-refractivity contribution in [3.63, 3.8) is 0 Å². The van der Waals surface area contributed by atoms with E-state index in [1.807, 2.05) is 109 Å². The standard InChI is InChI=1S/C51H48N2O6S/c1-2-31-58-48(55)33-47(54)45(32-36-19-7-3-8-20-36)52-49(56)46(53-50(57)59-34-44-42-29-17-15-27-40(42)41-28-16-18-30-43(41)44)35-60-51(37-21-9-4-10-22-37,38-23-11-5-12-24-38)39-25-13-6-14-26-39/h2-30,44-47,54H,1,31-35H2,(H,52,56)(H,53,57)/t45-,46-,47+/m1/s1. The summed E-state index contributed by atoms with van der Waals surface area (Å²) in [7, 11) is 0. The number of aliphatic hydroxyl groups excluding tert-OH is 1. The number of thioether (sulfide) groups is 1. The Morgan fingerprint density at radius 3 is 1.67 bits per heavy atom. The number of esters is 1. The number of amides is 2. The van der Waals surface area contributed by atoms with Crippen molar-refractivity contribution in [2.24, 2.45) is 0 Å². The third-order valence-electron chi connectivity index (χ3n) is 10.8. The Balaban J connectivity index is 1.20. The number of ether oxygens (including phenoxy) is 2. The van der Waals surface area contributed by atoms with Crippen molar-refractivity contribution < 1.29 is 29.0 Å². The largest absolute Gasteiger partial charge is 0.461 e. The quantitative estimate of drug-likeness (QED) is 0.0452. The van der Waals surface area contributed by atoms with Gasteiger partial charge in [-0.25, -0.2) is 4.79 Å². The minimum absolute atomic E-state index is 0.00336. The van der Waals surface area contributed by atoms with E-state index >= 15 is 0 Å². The molecule has 0 saturated carbocycles. The zero-order chi connectivity index (χ0) is 41.7. The molecule has 1 aliphatic rings. The number of aliphatic hydroxyl groups is 1. The maximum atomic E-state index is 14.7. The molecule has 6 aromatic rings. The van der Waals surface area contributed by atoms with Gasteiger partial charge in [0, 0.05) is 11.7 Å². The Bertz CT molecular complexity index is 2220. The van der Waals surface area contributed by atoms with E-state index in [1.54, 1.807) is 0 Å². The van der Waals surface area contributed by atoms with E-state index < -0.39 is 40.9 Å². The number of hydrogen-bond acceptors (Lipinski definition) is 7. The molecule has 304 valence electrons. The first kappa shape index (κ1) is 41.7. The molecule has 8 nitrogen and oxygen atoms in total. The highest BCUT2D eigenvalue weighted by molar-refractivity contribution is 8.00. The fourth-order valence-corrected chi connectivity index (χ4v) is 9.46. The van der Waals surface area contributed by atoms with E-state index in [0.717, 1.165) is 44.5 Å². The van der Waals surface area contributed by atoms with Gasteiger partial charge in [0.1, 0.15) is 19.3 Å². The number of fused-ring (bicyclic) bond motifs is 3. The monoisotopic (exact) mass is 816 g/mol. The van der Waals surface area contributed by atoms with Gasteiger partial charge >= 0.3 is 12.1 Å². The van der Waals surface area contributed by atoms with Crippen LogP contribution in [0.1, 0.15) is 45.7 Å². The summed E-state index contributed by atoms with van der Waals surface area (Å²) in [6.45, 7) is 3.65. The van der Waals surface area contributed by atoms with Crippen LogP contribution in [0, 0.1) is 0 Å². The van der Waals surface area contributed by atoms with Gasteiger partial charge in [-0.2, -0.15) is 0 Å². The lowest BCUT2D eigenvalue weighted by Gasteiger charge is -2.36. The molecule has 3 atom stereocenters. The van der Waals surface area contributed by atoms with E-state index in [1.165, 1.54) is 17.8 Å². The van der Waals surface area contributed by atoms with Crippen LogP contribution in [-0.2, 0) is 30.2 Å². The first-order valence-electron chi connectivity index (χ1n) is 20.1. The molecular formula is C51H48N2O6S. The molecule has 3 N–H and O–H groups in total. The maximum Gasteiger partial charge on any atom is 0.407 e. The van der Waals surface area contributed by atoms with Gasteiger partial charge in [-0.05, 0) is 50.9 Å². The molecule has 7 rings (SSSR count). The lowest BCUT2D eigenvalue weighted by atomic mass is 9.84. The number of carbonyl (C=O) groups is 3. The van der Waals surface area contributed by atoms with Crippen LogP contribution in [0.5, 0.6) is 0 Å². The number of alkyl carbamates (subject to hydrolysis) is 1. The molecule has 0 radical (unpaired) electrons. The van der Waals surface area contributed by atoms with E-state index in [9.17, 15) is 19.5 Å². The lowest BCUT2D eigenvalue weighted by Crippen LogP contribution is -2.55. The zero-order valence-corrected chi connectivity index (χ0v) is 34.0. The minimum atomic E-state index is -1.30. The van der Waals surface area contributed by atoms with Crippen LogP contribution in [0.3, 0.4) is 0 Å². The molecule has 0 fully saturated rings. The molecule has 0 saturated heterocycles. The van der Waals surface area contributed by atoms with Crippen molar-refractivity contribution in [1.29, 1.82) is 0 Å². The van der Waals surface area contributed by atoms with Gasteiger partial charge < -0.3 is 25.2 Å². The summed E-state index contributed by atoms with van der Waals surface area (Å²) in [4.78, 5) is 41.4. The van der Waals surface area contributed by atoms with Gasteiger partial charge in [0.2, 0.25) is 5.91 Å². The van der Waals surface area contributed by atoms with Gasteiger partial charge in [-0.3, -0.25) is 9.59 Å². The topological polar surface area (TPSA) is 114 Å². The van der Waals surface area contributed by atoms with Gasteiger partial charge in [0.25, 0.3) is 0 Å². The molecule has 0 aromatic heterocycles. The predicted octanol–water partition coefficient (Wildman–Crippen LogP) is 8.83. The van der Waals surface area contributed by atoms with Gasteiger partial charge in [-0.1, -0.05) is 183 Å². The summed E-state index contributed by atoms with van der Waals surface area (Å²) in [6, 6.07) is 53.8. The number of rotatable bonds is 18. The highest BCUT2D eigenvalue weighted by atomic mass is 32.2. The second-order valence-corrected chi connectivity index (χ2v) is 15.9. The Labute approximate surface area is 355 Å². The maximum absolute atomic E-state index is 14.7. The first-order valence-corrected chi connectivity index (χ1v) is 21.1. The Morgan fingerprint density at radius 2 is 1.15 bits per heavy atom. The Hall–Kier alpha value is -6.42. The molecule has 9 heteroatoms. The third kappa shape index (κ3) is 9.71. The number of hydrogen-bond donors (Lipinski definition) is 3. The predicted molar refractivity (Wildman–Crippen MR) is 238 cm³/mol. The van der Waals surface area contributed by atoms with Crippen LogP contribution >= 0.6 is 11.8 Å². The Morgan fingerprint density at radius 1 is 0.667 bits per heavy atom. The van der Waals surface area contributed by atoms with Crippen LogP contribution in [0.2, 0.25) is 0 Å². The smallest absolute Gasteiger partial charge is 0.407 e. The average Bonchev–Trinajstić information content (AvgIpc) is 3.61. The molecule has 0 spiro atoms. The summed E-state index contributed by atoms with van der Waals surface area (Å²) in [6.07, 6.45) is -0.744. The van der Waals surface area contributed by atoms with Crippen LogP contribution in [0.15, 0.2) is 183 Å². The second-order valence-electron chi connectivity index (χ2n) is 14.7.